The maximum absolute atomic E-state index is 11.7. The molecular formula is C13H21NO3. The van der Waals surface area contributed by atoms with E-state index in [0.29, 0.717) is 12.1 Å². The highest BCUT2D eigenvalue weighted by Gasteiger charge is 2.11. The monoisotopic (exact) mass is 239 g/mol. The average Bonchev–Trinajstić information content (AvgIpc) is 2.33. The molecule has 4 nitrogen and oxygen atoms in total. The van der Waals surface area contributed by atoms with Gasteiger partial charge >= 0.3 is 6.09 Å². The molecule has 0 saturated heterocycles. The third kappa shape index (κ3) is 7.33. The van der Waals surface area contributed by atoms with E-state index in [1.54, 1.807) is 13.0 Å². The minimum absolute atomic E-state index is 0.0588. The second-order valence-electron chi connectivity index (χ2n) is 3.59. The van der Waals surface area contributed by atoms with Crippen molar-refractivity contribution < 1.29 is 14.3 Å². The fourth-order valence-corrected chi connectivity index (χ4v) is 1.25. The smallest absolute Gasteiger partial charge is 0.412 e. The molecule has 0 aromatic carbocycles. The van der Waals surface area contributed by atoms with Crippen molar-refractivity contribution in [3.63, 3.8) is 0 Å². The lowest BCUT2D eigenvalue weighted by Crippen LogP contribution is -2.28. The molecule has 0 aliphatic rings. The summed E-state index contributed by atoms with van der Waals surface area (Å²) in [5, 5.41) is 2.43. The van der Waals surface area contributed by atoms with Crippen LogP contribution in [0.15, 0.2) is 24.4 Å². The van der Waals surface area contributed by atoms with Crippen molar-refractivity contribution in [2.24, 2.45) is 0 Å². The van der Waals surface area contributed by atoms with Gasteiger partial charge in [0.05, 0.1) is 5.70 Å². The Bertz CT molecular complexity index is 295. The van der Waals surface area contributed by atoms with E-state index in [1.165, 1.54) is 6.08 Å². The van der Waals surface area contributed by atoms with E-state index >= 15 is 0 Å². The van der Waals surface area contributed by atoms with Crippen molar-refractivity contribution in [2.75, 3.05) is 6.61 Å². The van der Waals surface area contributed by atoms with Crippen molar-refractivity contribution in [1.82, 2.24) is 5.32 Å². The molecule has 0 rings (SSSR count). The molecule has 0 aromatic heterocycles. The Hall–Kier alpha value is -1.58. The zero-order valence-corrected chi connectivity index (χ0v) is 10.6. The van der Waals surface area contributed by atoms with Crippen molar-refractivity contribution in [3.05, 3.63) is 24.4 Å². The number of Topliss-reactive ketones (excluding diaryl/α,β-unsaturated/α-hetero) is 1. The molecule has 0 aliphatic carbocycles. The van der Waals surface area contributed by atoms with Crippen molar-refractivity contribution in [3.8, 4) is 0 Å². The molecule has 1 amide bonds. The molecule has 0 atom stereocenters. The molecule has 4 heteroatoms. The molecule has 0 aliphatic heterocycles. The SMILES string of the molecule is C=CCOC(=O)N/C(=C\C)C(=O)CCCCC. The van der Waals surface area contributed by atoms with Gasteiger partial charge in [-0.05, 0) is 13.3 Å². The average molecular weight is 239 g/mol. The number of rotatable bonds is 8. The number of ether oxygens (including phenoxy) is 1. The summed E-state index contributed by atoms with van der Waals surface area (Å²) in [6.45, 7) is 7.35. The predicted octanol–water partition coefficient (Wildman–Crippen LogP) is 2.95. The number of hydrogen-bond acceptors (Lipinski definition) is 3. The molecule has 0 fully saturated rings. The van der Waals surface area contributed by atoms with E-state index in [1.807, 2.05) is 0 Å². The molecule has 0 spiro atoms. The van der Waals surface area contributed by atoms with Crippen molar-refractivity contribution >= 4 is 11.9 Å². The number of allylic oxidation sites excluding steroid dienone is 2. The van der Waals surface area contributed by atoms with Crippen molar-refractivity contribution in [2.45, 2.75) is 39.5 Å². The molecule has 0 heterocycles. The molecule has 0 bridgehead atoms. The van der Waals surface area contributed by atoms with Gasteiger partial charge in [0.2, 0.25) is 0 Å². The molecule has 0 radical (unpaired) electrons. The van der Waals surface area contributed by atoms with Crippen LogP contribution in [0.25, 0.3) is 0 Å². The van der Waals surface area contributed by atoms with Gasteiger partial charge in [-0.15, -0.1) is 0 Å². The Kier molecular flexibility index (Phi) is 8.74. The maximum Gasteiger partial charge on any atom is 0.412 e. The van der Waals surface area contributed by atoms with E-state index in [-0.39, 0.29) is 12.4 Å². The van der Waals surface area contributed by atoms with Crippen molar-refractivity contribution in [1.29, 1.82) is 0 Å². The topological polar surface area (TPSA) is 55.4 Å². The maximum atomic E-state index is 11.7. The summed E-state index contributed by atoms with van der Waals surface area (Å²) in [6, 6.07) is 0. The van der Waals surface area contributed by atoms with Gasteiger partial charge < -0.3 is 4.74 Å². The molecule has 0 saturated carbocycles. The predicted molar refractivity (Wildman–Crippen MR) is 67.6 cm³/mol. The van der Waals surface area contributed by atoms with Crippen LogP contribution in [0.5, 0.6) is 0 Å². The van der Waals surface area contributed by atoms with Gasteiger partial charge in [0, 0.05) is 6.42 Å². The quantitative estimate of drug-likeness (QED) is 0.402. The largest absolute Gasteiger partial charge is 0.445 e. The van der Waals surface area contributed by atoms with Crippen LogP contribution < -0.4 is 5.32 Å². The van der Waals surface area contributed by atoms with Gasteiger partial charge in [-0.3, -0.25) is 10.1 Å². The first-order valence-corrected chi connectivity index (χ1v) is 5.89. The van der Waals surface area contributed by atoms with Gasteiger partial charge in [0.1, 0.15) is 6.61 Å². The number of ketones is 1. The highest BCUT2D eigenvalue weighted by atomic mass is 16.5. The lowest BCUT2D eigenvalue weighted by atomic mass is 10.1. The van der Waals surface area contributed by atoms with Crippen LogP contribution in [0.2, 0.25) is 0 Å². The van der Waals surface area contributed by atoms with E-state index in [2.05, 4.69) is 18.8 Å². The summed E-state index contributed by atoms with van der Waals surface area (Å²) in [5.74, 6) is -0.0588. The summed E-state index contributed by atoms with van der Waals surface area (Å²) in [4.78, 5) is 22.9. The zero-order chi connectivity index (χ0) is 13.1. The standard InChI is InChI=1S/C13H21NO3/c1-4-7-8-9-12(15)11(6-3)14-13(16)17-10-5-2/h5-6H,2,4,7-10H2,1,3H3,(H,14,16)/b11-6-. The number of amides is 1. The third-order valence-electron chi connectivity index (χ3n) is 2.17. The Morgan fingerprint density at radius 3 is 2.59 bits per heavy atom. The van der Waals surface area contributed by atoms with E-state index in [4.69, 9.17) is 4.74 Å². The third-order valence-corrected chi connectivity index (χ3v) is 2.17. The number of hydrogen-bond donors (Lipinski definition) is 1. The van der Waals surface area contributed by atoms with Crippen LogP contribution in [0.1, 0.15) is 39.5 Å². The summed E-state index contributed by atoms with van der Waals surface area (Å²) in [6.07, 6.45) is 5.81. The molecule has 17 heavy (non-hydrogen) atoms. The zero-order valence-electron chi connectivity index (χ0n) is 10.6. The second kappa shape index (κ2) is 9.63. The number of carbonyl (C=O) groups is 2. The van der Waals surface area contributed by atoms with Gasteiger partial charge in [0.25, 0.3) is 0 Å². The molecule has 0 aromatic rings. The van der Waals surface area contributed by atoms with Gasteiger partial charge in [0.15, 0.2) is 5.78 Å². The Labute approximate surface area is 103 Å². The number of unbranched alkanes of at least 4 members (excludes halogenated alkanes) is 2. The Morgan fingerprint density at radius 2 is 2.06 bits per heavy atom. The first-order valence-electron chi connectivity index (χ1n) is 5.89. The van der Waals surface area contributed by atoms with Crippen LogP contribution in [0.4, 0.5) is 4.79 Å². The van der Waals surface area contributed by atoms with E-state index in [0.717, 1.165) is 19.3 Å². The van der Waals surface area contributed by atoms with E-state index < -0.39 is 6.09 Å². The Balaban J connectivity index is 4.10. The van der Waals surface area contributed by atoms with Crippen LogP contribution in [0.3, 0.4) is 0 Å². The van der Waals surface area contributed by atoms with Crippen LogP contribution in [0, 0.1) is 0 Å². The second-order valence-corrected chi connectivity index (χ2v) is 3.59. The highest BCUT2D eigenvalue weighted by Crippen LogP contribution is 2.04. The number of carbonyl (C=O) groups excluding carboxylic acids is 2. The van der Waals surface area contributed by atoms with Gasteiger partial charge in [-0.2, -0.15) is 0 Å². The lowest BCUT2D eigenvalue weighted by Gasteiger charge is -2.08. The summed E-state index contributed by atoms with van der Waals surface area (Å²) in [7, 11) is 0. The highest BCUT2D eigenvalue weighted by molar-refractivity contribution is 5.97. The number of alkyl carbamates (subject to hydrolysis) is 1. The first kappa shape index (κ1) is 15.4. The molecule has 0 unspecified atom stereocenters. The summed E-state index contributed by atoms with van der Waals surface area (Å²) < 4.78 is 4.74. The van der Waals surface area contributed by atoms with Crippen LogP contribution in [-0.2, 0) is 9.53 Å². The Morgan fingerprint density at radius 1 is 1.35 bits per heavy atom. The van der Waals surface area contributed by atoms with E-state index in [9.17, 15) is 9.59 Å². The molecular weight excluding hydrogens is 218 g/mol. The first-order chi connectivity index (χ1) is 8.15. The molecule has 96 valence electrons. The molecule has 1 N–H and O–H groups in total. The normalized spacial score (nSPS) is 10.8. The minimum atomic E-state index is -0.623. The number of nitrogens with one attached hydrogen (secondary N) is 1. The minimum Gasteiger partial charge on any atom is -0.445 e. The fourth-order valence-electron chi connectivity index (χ4n) is 1.25. The summed E-state index contributed by atoms with van der Waals surface area (Å²) in [5.41, 5.74) is 0.301. The van der Waals surface area contributed by atoms with Crippen LogP contribution in [-0.4, -0.2) is 18.5 Å². The lowest BCUT2D eigenvalue weighted by molar-refractivity contribution is -0.116. The van der Waals surface area contributed by atoms with Gasteiger partial charge in [-0.1, -0.05) is 38.5 Å². The fraction of sp³-hybridized carbons (Fsp3) is 0.538. The van der Waals surface area contributed by atoms with Crippen LogP contribution >= 0.6 is 0 Å². The van der Waals surface area contributed by atoms with Gasteiger partial charge in [-0.25, -0.2) is 4.79 Å². The summed E-state index contributed by atoms with van der Waals surface area (Å²) >= 11 is 0.